The van der Waals surface area contributed by atoms with E-state index in [-0.39, 0.29) is 0 Å². The van der Waals surface area contributed by atoms with Gasteiger partial charge in [0.1, 0.15) is 0 Å². The van der Waals surface area contributed by atoms with Crippen molar-refractivity contribution in [2.45, 2.75) is 23.9 Å². The number of rotatable bonds is 5. The lowest BCUT2D eigenvalue weighted by molar-refractivity contribution is -0.137. The van der Waals surface area contributed by atoms with Gasteiger partial charge in [0.2, 0.25) is 0 Å². The molecule has 108 valence electrons. The second kappa shape index (κ2) is 6.45. The maximum absolute atomic E-state index is 12.4. The Morgan fingerprint density at radius 1 is 1.25 bits per heavy atom. The number of anilines is 1. The van der Waals surface area contributed by atoms with Crippen molar-refractivity contribution in [3.63, 3.8) is 0 Å². The number of hydrogen-bond acceptors (Lipinski definition) is 5. The summed E-state index contributed by atoms with van der Waals surface area (Å²) in [5.74, 6) is 0.640. The Labute approximate surface area is 122 Å². The Morgan fingerprint density at radius 3 is 2.65 bits per heavy atom. The van der Waals surface area contributed by atoms with E-state index in [1.807, 2.05) is 6.92 Å². The van der Waals surface area contributed by atoms with Crippen LogP contribution in [0, 0.1) is 0 Å². The van der Waals surface area contributed by atoms with Gasteiger partial charge in [-0.1, -0.05) is 0 Å². The highest BCUT2D eigenvalue weighted by Gasteiger charge is 2.30. The zero-order chi connectivity index (χ0) is 14.6. The van der Waals surface area contributed by atoms with Crippen LogP contribution in [0.15, 0.2) is 29.6 Å². The quantitative estimate of drug-likeness (QED) is 0.835. The minimum Gasteiger partial charge on any atom is -0.362 e. The number of hydrogen-bond donors (Lipinski definition) is 1. The smallest absolute Gasteiger partial charge is 0.362 e. The molecule has 2 aromatic heterocycles. The normalized spacial score (nSPS) is 11.6. The molecule has 20 heavy (non-hydrogen) atoms. The molecule has 2 aromatic rings. The number of thiazole rings is 1. The fourth-order valence-corrected chi connectivity index (χ4v) is 3.13. The first kappa shape index (κ1) is 15.1. The Bertz CT molecular complexity index is 552. The third-order valence-electron chi connectivity index (χ3n) is 2.31. The predicted molar refractivity (Wildman–Crippen MR) is 75.1 cm³/mol. The maximum Gasteiger partial charge on any atom is 0.417 e. The van der Waals surface area contributed by atoms with Gasteiger partial charge in [-0.15, -0.1) is 23.1 Å². The van der Waals surface area contributed by atoms with Crippen LogP contribution in [-0.4, -0.2) is 16.5 Å². The number of aromatic nitrogens is 2. The molecule has 0 fully saturated rings. The first-order valence-electron chi connectivity index (χ1n) is 5.83. The summed E-state index contributed by atoms with van der Waals surface area (Å²) in [6, 6.07) is 2.44. The molecule has 0 spiro atoms. The van der Waals surface area contributed by atoms with Crippen LogP contribution in [-0.2, 0) is 11.9 Å². The molecule has 0 aliphatic rings. The van der Waals surface area contributed by atoms with Gasteiger partial charge in [0, 0.05) is 29.6 Å². The van der Waals surface area contributed by atoms with Crippen molar-refractivity contribution in [3.05, 3.63) is 35.0 Å². The average molecular weight is 319 g/mol. The zero-order valence-electron chi connectivity index (χ0n) is 10.6. The number of thioether (sulfide) groups is 1. The number of nitrogens with one attached hydrogen (secondary N) is 1. The molecule has 2 heterocycles. The molecule has 8 heteroatoms. The van der Waals surface area contributed by atoms with Crippen LogP contribution < -0.4 is 5.32 Å². The van der Waals surface area contributed by atoms with E-state index in [0.717, 1.165) is 28.8 Å². The number of alkyl halides is 3. The van der Waals surface area contributed by atoms with E-state index in [0.29, 0.717) is 10.8 Å². The van der Waals surface area contributed by atoms with Crippen molar-refractivity contribution in [1.82, 2.24) is 9.97 Å². The summed E-state index contributed by atoms with van der Waals surface area (Å²) in [4.78, 5) is 9.05. The minimum absolute atomic E-state index is 0.566. The zero-order valence-corrected chi connectivity index (χ0v) is 12.2. The highest BCUT2D eigenvalue weighted by Crippen LogP contribution is 2.31. The van der Waals surface area contributed by atoms with Crippen LogP contribution in [0.4, 0.5) is 18.3 Å². The predicted octanol–water partition coefficient (Wildman–Crippen LogP) is 4.28. The third-order valence-corrected chi connectivity index (χ3v) is 4.44. The van der Waals surface area contributed by atoms with Crippen LogP contribution >= 0.6 is 23.1 Å². The fraction of sp³-hybridized carbons (Fsp3) is 0.333. The molecule has 0 aliphatic heterocycles. The van der Waals surface area contributed by atoms with Gasteiger partial charge in [0.25, 0.3) is 0 Å². The molecule has 0 aromatic carbocycles. The topological polar surface area (TPSA) is 37.8 Å². The van der Waals surface area contributed by atoms with Gasteiger partial charge < -0.3 is 5.32 Å². The van der Waals surface area contributed by atoms with Crippen molar-refractivity contribution in [2.24, 2.45) is 0 Å². The summed E-state index contributed by atoms with van der Waals surface area (Å²) in [5.41, 5.74) is -0.728. The van der Waals surface area contributed by atoms with Crippen molar-refractivity contribution < 1.29 is 13.2 Å². The Kier molecular flexibility index (Phi) is 4.87. The van der Waals surface area contributed by atoms with Gasteiger partial charge in [-0.25, -0.2) is 9.97 Å². The van der Waals surface area contributed by atoms with Gasteiger partial charge >= 0.3 is 6.18 Å². The lowest BCUT2D eigenvalue weighted by Gasteiger charge is -2.06. The molecule has 0 saturated heterocycles. The Morgan fingerprint density at radius 2 is 2.05 bits per heavy atom. The molecule has 3 nitrogen and oxygen atoms in total. The monoisotopic (exact) mass is 319 g/mol. The second-order valence-electron chi connectivity index (χ2n) is 3.83. The van der Waals surface area contributed by atoms with Crippen LogP contribution in [0.3, 0.4) is 0 Å². The van der Waals surface area contributed by atoms with E-state index in [4.69, 9.17) is 0 Å². The van der Waals surface area contributed by atoms with Crippen molar-refractivity contribution in [3.8, 4) is 0 Å². The summed E-state index contributed by atoms with van der Waals surface area (Å²) in [6.45, 7) is 2.79. The Balaban J connectivity index is 1.93. The lowest BCUT2D eigenvalue weighted by Crippen LogP contribution is -2.05. The van der Waals surface area contributed by atoms with E-state index < -0.39 is 11.7 Å². The first-order chi connectivity index (χ1) is 9.49. The summed E-state index contributed by atoms with van der Waals surface area (Å²) in [6.07, 6.45) is -1.71. The fourth-order valence-electron chi connectivity index (χ4n) is 1.39. The van der Waals surface area contributed by atoms with Crippen molar-refractivity contribution in [1.29, 1.82) is 0 Å². The molecule has 0 radical (unpaired) electrons. The van der Waals surface area contributed by atoms with Gasteiger partial charge in [-0.05, 0) is 19.1 Å². The minimum atomic E-state index is -4.34. The molecule has 0 aliphatic carbocycles. The molecule has 0 amide bonds. The highest BCUT2D eigenvalue weighted by atomic mass is 32.2. The summed E-state index contributed by atoms with van der Waals surface area (Å²) in [5, 5.41) is 4.52. The molecule has 0 bridgehead atoms. The Hall–Kier alpha value is -1.28. The summed E-state index contributed by atoms with van der Waals surface area (Å²) < 4.78 is 37.2. The van der Waals surface area contributed by atoms with E-state index in [1.54, 1.807) is 6.20 Å². The van der Waals surface area contributed by atoms with E-state index >= 15 is 0 Å². The van der Waals surface area contributed by atoms with E-state index in [9.17, 15) is 13.2 Å². The molecule has 0 saturated carbocycles. The van der Waals surface area contributed by atoms with Gasteiger partial charge in [0.15, 0.2) is 5.13 Å². The third kappa shape index (κ3) is 4.11. The van der Waals surface area contributed by atoms with Crippen molar-refractivity contribution >= 4 is 28.2 Å². The molecule has 0 atom stereocenters. The highest BCUT2D eigenvalue weighted by molar-refractivity contribution is 7.98. The largest absolute Gasteiger partial charge is 0.417 e. The number of halogens is 3. The van der Waals surface area contributed by atoms with Gasteiger partial charge in [-0.2, -0.15) is 13.2 Å². The second-order valence-corrected chi connectivity index (χ2v) is 5.94. The van der Waals surface area contributed by atoms with Gasteiger partial charge in [0.05, 0.1) is 10.6 Å². The molecule has 1 N–H and O–H groups in total. The SMILES string of the molecule is CCNc1ncc(CSc2ccc(C(F)(F)F)cn2)s1. The molecular weight excluding hydrogens is 307 g/mol. The van der Waals surface area contributed by atoms with Crippen LogP contribution in [0.25, 0.3) is 0 Å². The standard InChI is InChI=1S/C12H12F3N3S2/c1-2-16-11-18-6-9(20-11)7-19-10-4-3-8(5-17-10)12(13,14)15/h3-6H,2,7H2,1H3,(H,16,18). The summed E-state index contributed by atoms with van der Waals surface area (Å²) >= 11 is 2.92. The first-order valence-corrected chi connectivity index (χ1v) is 7.64. The maximum atomic E-state index is 12.4. The van der Waals surface area contributed by atoms with Crippen LogP contribution in [0.1, 0.15) is 17.4 Å². The van der Waals surface area contributed by atoms with E-state index in [1.165, 1.54) is 29.2 Å². The molecular formula is C12H12F3N3S2. The number of nitrogens with zero attached hydrogens (tertiary/aromatic N) is 2. The van der Waals surface area contributed by atoms with Crippen molar-refractivity contribution in [2.75, 3.05) is 11.9 Å². The lowest BCUT2D eigenvalue weighted by atomic mass is 10.3. The van der Waals surface area contributed by atoms with Gasteiger partial charge in [-0.3, -0.25) is 0 Å². The van der Waals surface area contributed by atoms with Crippen LogP contribution in [0.2, 0.25) is 0 Å². The molecule has 2 rings (SSSR count). The summed E-state index contributed by atoms with van der Waals surface area (Å²) in [7, 11) is 0. The van der Waals surface area contributed by atoms with Crippen LogP contribution in [0.5, 0.6) is 0 Å². The molecule has 0 unspecified atom stereocenters. The number of pyridine rings is 1. The van der Waals surface area contributed by atoms with E-state index in [2.05, 4.69) is 15.3 Å². The average Bonchev–Trinajstić information content (AvgIpc) is 2.84.